The number of aromatic amines is 1. The largest absolute Gasteiger partial charge is 0.493 e. The van der Waals surface area contributed by atoms with Crippen molar-refractivity contribution in [3.8, 4) is 11.8 Å². The molecular formula is C21H18ClN7O2. The number of halogens is 1. The van der Waals surface area contributed by atoms with Crippen LogP contribution in [0, 0.1) is 18.3 Å². The highest BCUT2D eigenvalue weighted by molar-refractivity contribution is 6.32. The van der Waals surface area contributed by atoms with E-state index in [1.165, 1.54) is 11.8 Å². The normalized spacial score (nSPS) is 10.7. The number of nitrogens with one attached hydrogen (secondary N) is 3. The number of nitrogens with zero attached hydrogens (tertiary/aromatic N) is 4. The quantitative estimate of drug-likeness (QED) is 0.433. The first-order valence-electron chi connectivity index (χ1n) is 9.25. The van der Waals surface area contributed by atoms with Crippen molar-refractivity contribution in [2.24, 2.45) is 7.05 Å². The fourth-order valence-electron chi connectivity index (χ4n) is 3.19. The summed E-state index contributed by atoms with van der Waals surface area (Å²) >= 11 is 6.23. The lowest BCUT2D eigenvalue weighted by atomic mass is 10.2. The summed E-state index contributed by atoms with van der Waals surface area (Å²) in [6, 6.07) is 12.6. The second-order valence-electron chi connectivity index (χ2n) is 6.80. The van der Waals surface area contributed by atoms with Crippen LogP contribution < -0.4 is 20.9 Å². The number of rotatable bonds is 5. The summed E-state index contributed by atoms with van der Waals surface area (Å²) in [6.45, 7) is 1.81. The van der Waals surface area contributed by atoms with Crippen molar-refractivity contribution >= 4 is 45.6 Å². The molecule has 3 aromatic heterocycles. The highest BCUT2D eigenvalue weighted by atomic mass is 35.5. The number of para-hydroxylation sites is 1. The Morgan fingerprint density at radius 2 is 1.97 bits per heavy atom. The second-order valence-corrected chi connectivity index (χ2v) is 7.21. The molecule has 0 spiro atoms. The Bertz CT molecular complexity index is 1400. The van der Waals surface area contributed by atoms with E-state index in [-0.39, 0.29) is 5.56 Å². The number of aryl methyl sites for hydroxylation is 2. The highest BCUT2D eigenvalue weighted by Gasteiger charge is 2.16. The van der Waals surface area contributed by atoms with Crippen molar-refractivity contribution in [2.45, 2.75) is 6.92 Å². The third-order valence-corrected chi connectivity index (χ3v) is 5.01. The van der Waals surface area contributed by atoms with Crippen LogP contribution in [0.2, 0.25) is 5.02 Å². The van der Waals surface area contributed by atoms with Gasteiger partial charge in [0.25, 0.3) is 5.56 Å². The molecule has 3 heterocycles. The molecule has 3 N–H and O–H groups in total. The zero-order valence-corrected chi connectivity index (χ0v) is 17.7. The van der Waals surface area contributed by atoms with Gasteiger partial charge in [-0.05, 0) is 30.7 Å². The molecule has 1 aromatic carbocycles. The lowest BCUT2D eigenvalue weighted by Crippen LogP contribution is -2.12. The van der Waals surface area contributed by atoms with E-state index in [9.17, 15) is 10.1 Å². The first-order valence-corrected chi connectivity index (χ1v) is 9.63. The maximum Gasteiger partial charge on any atom is 0.277 e. The number of nitriles is 1. The number of pyridine rings is 2. The second kappa shape index (κ2) is 8.01. The minimum Gasteiger partial charge on any atom is -0.493 e. The van der Waals surface area contributed by atoms with Crippen LogP contribution >= 0.6 is 11.6 Å². The Morgan fingerprint density at radius 1 is 1.16 bits per heavy atom. The highest BCUT2D eigenvalue weighted by Crippen LogP contribution is 2.36. The zero-order valence-electron chi connectivity index (χ0n) is 16.9. The maximum atomic E-state index is 12.7. The van der Waals surface area contributed by atoms with E-state index in [1.807, 2.05) is 6.92 Å². The third kappa shape index (κ3) is 3.76. The molecule has 156 valence electrons. The van der Waals surface area contributed by atoms with Gasteiger partial charge in [0, 0.05) is 13.1 Å². The summed E-state index contributed by atoms with van der Waals surface area (Å²) in [4.78, 5) is 21.5. The number of ether oxygens (including phenoxy) is 1. The third-order valence-electron chi connectivity index (χ3n) is 4.71. The fourth-order valence-corrected chi connectivity index (χ4v) is 3.44. The predicted octanol–water partition coefficient (Wildman–Crippen LogP) is 3.99. The van der Waals surface area contributed by atoms with Crippen LogP contribution in [0.4, 0.5) is 23.0 Å². The molecule has 4 aromatic rings. The fraction of sp³-hybridized carbons (Fsp3) is 0.143. The summed E-state index contributed by atoms with van der Waals surface area (Å²) in [5.74, 6) is 1.34. The zero-order chi connectivity index (χ0) is 22.1. The molecular weight excluding hydrogens is 418 g/mol. The number of hydrogen-bond donors (Lipinski definition) is 3. The summed E-state index contributed by atoms with van der Waals surface area (Å²) in [7, 11) is 3.13. The van der Waals surface area contributed by atoms with Crippen molar-refractivity contribution in [2.75, 3.05) is 17.7 Å². The van der Waals surface area contributed by atoms with Crippen LogP contribution in [0.3, 0.4) is 0 Å². The van der Waals surface area contributed by atoms with Crippen molar-refractivity contribution in [1.29, 1.82) is 5.26 Å². The van der Waals surface area contributed by atoms with Gasteiger partial charge in [0.2, 0.25) is 0 Å². The average molecular weight is 436 g/mol. The molecule has 0 saturated heterocycles. The summed E-state index contributed by atoms with van der Waals surface area (Å²) in [6.07, 6.45) is 0. The molecule has 0 radical (unpaired) electrons. The van der Waals surface area contributed by atoms with Gasteiger partial charge in [0.05, 0.1) is 23.5 Å². The summed E-state index contributed by atoms with van der Waals surface area (Å²) in [5, 5.41) is 19.3. The van der Waals surface area contributed by atoms with E-state index in [1.54, 1.807) is 43.4 Å². The molecule has 0 atom stereocenters. The predicted molar refractivity (Wildman–Crippen MR) is 120 cm³/mol. The molecule has 31 heavy (non-hydrogen) atoms. The first-order chi connectivity index (χ1) is 14.9. The van der Waals surface area contributed by atoms with Gasteiger partial charge in [-0.2, -0.15) is 5.26 Å². The monoisotopic (exact) mass is 435 g/mol. The van der Waals surface area contributed by atoms with Gasteiger partial charge in [-0.25, -0.2) is 9.97 Å². The van der Waals surface area contributed by atoms with Crippen molar-refractivity contribution in [3.05, 3.63) is 63.0 Å². The van der Waals surface area contributed by atoms with Crippen LogP contribution in [-0.2, 0) is 7.05 Å². The van der Waals surface area contributed by atoms with E-state index < -0.39 is 0 Å². The van der Waals surface area contributed by atoms with Gasteiger partial charge in [-0.1, -0.05) is 23.7 Å². The van der Waals surface area contributed by atoms with E-state index >= 15 is 0 Å². The van der Waals surface area contributed by atoms with E-state index in [4.69, 9.17) is 16.3 Å². The molecule has 0 unspecified atom stereocenters. The van der Waals surface area contributed by atoms with Crippen LogP contribution in [0.25, 0.3) is 11.0 Å². The average Bonchev–Trinajstić information content (AvgIpc) is 3.03. The Labute approximate surface area is 182 Å². The number of benzene rings is 1. The van der Waals surface area contributed by atoms with Crippen LogP contribution in [-0.4, -0.2) is 26.9 Å². The van der Waals surface area contributed by atoms with Gasteiger partial charge >= 0.3 is 0 Å². The lowest BCUT2D eigenvalue weighted by Gasteiger charge is -2.14. The summed E-state index contributed by atoms with van der Waals surface area (Å²) < 4.78 is 6.75. The molecule has 4 rings (SSSR count). The topological polar surface area (TPSA) is 121 Å². The standard InChI is InChI=1S/C21H18ClN7O2/c1-11-7-8-16(25-15(11)10-23)26-17-9-14(18-20(27-17)28-29(2)21(18)30)24-13-6-4-5-12(22)19(13)31-3/h4-9H,1-3H3,(H3,24,25,26,27,28). The maximum absolute atomic E-state index is 12.7. The molecule has 9 nitrogen and oxygen atoms in total. The molecule has 0 aliphatic carbocycles. The molecule has 0 fully saturated rings. The first kappa shape index (κ1) is 20.3. The Kier molecular flexibility index (Phi) is 5.23. The van der Waals surface area contributed by atoms with Gasteiger partial charge < -0.3 is 15.4 Å². The molecule has 0 amide bonds. The summed E-state index contributed by atoms with van der Waals surface area (Å²) in [5.41, 5.74) is 2.34. The smallest absolute Gasteiger partial charge is 0.277 e. The Morgan fingerprint density at radius 3 is 2.71 bits per heavy atom. The van der Waals surface area contributed by atoms with Crippen LogP contribution in [0.15, 0.2) is 41.2 Å². The van der Waals surface area contributed by atoms with Crippen molar-refractivity contribution < 1.29 is 4.74 Å². The van der Waals surface area contributed by atoms with Crippen LogP contribution in [0.1, 0.15) is 11.3 Å². The Hall–Kier alpha value is -4.03. The SMILES string of the molecule is COc1c(Cl)cccc1Nc1cc(Nc2ccc(C)c(C#N)n2)nc2[nH]n(C)c(=O)c12. The number of methoxy groups -OCH3 is 1. The number of H-pyrrole nitrogens is 1. The van der Waals surface area contributed by atoms with E-state index in [2.05, 4.69) is 31.8 Å². The van der Waals surface area contributed by atoms with Gasteiger partial charge in [0.1, 0.15) is 28.8 Å². The number of aromatic nitrogens is 4. The van der Waals surface area contributed by atoms with Gasteiger partial charge in [-0.15, -0.1) is 0 Å². The number of hydrogen-bond acceptors (Lipinski definition) is 7. The number of fused-ring (bicyclic) bond motifs is 1. The molecule has 10 heteroatoms. The van der Waals surface area contributed by atoms with Crippen LogP contribution in [0.5, 0.6) is 5.75 Å². The lowest BCUT2D eigenvalue weighted by molar-refractivity contribution is 0.417. The van der Waals surface area contributed by atoms with E-state index in [0.29, 0.717) is 50.5 Å². The Balaban J connectivity index is 1.82. The van der Waals surface area contributed by atoms with Gasteiger partial charge in [-0.3, -0.25) is 14.6 Å². The number of anilines is 4. The minimum absolute atomic E-state index is 0.238. The van der Waals surface area contributed by atoms with Crippen molar-refractivity contribution in [1.82, 2.24) is 19.7 Å². The van der Waals surface area contributed by atoms with Gasteiger partial charge in [0.15, 0.2) is 11.4 Å². The molecule has 0 bridgehead atoms. The molecule has 0 aliphatic rings. The molecule has 0 aliphatic heterocycles. The minimum atomic E-state index is -0.238. The molecule has 0 saturated carbocycles. The van der Waals surface area contributed by atoms with Crippen molar-refractivity contribution in [3.63, 3.8) is 0 Å². The van der Waals surface area contributed by atoms with E-state index in [0.717, 1.165) is 5.56 Å².